The van der Waals surface area contributed by atoms with E-state index in [4.69, 9.17) is 9.47 Å². The lowest BCUT2D eigenvalue weighted by Gasteiger charge is -2.21. The number of pyridine rings is 1. The van der Waals surface area contributed by atoms with Crippen molar-refractivity contribution in [3.8, 4) is 11.5 Å². The number of anilines is 1. The average molecular weight is 372 g/mol. The Morgan fingerprint density at radius 1 is 1.19 bits per heavy atom. The maximum absolute atomic E-state index is 14.3. The fourth-order valence-corrected chi connectivity index (χ4v) is 3.03. The van der Waals surface area contributed by atoms with Gasteiger partial charge in [-0.05, 0) is 36.0 Å². The summed E-state index contributed by atoms with van der Waals surface area (Å²) < 4.78 is 25.4. The molecule has 1 aliphatic rings. The van der Waals surface area contributed by atoms with Gasteiger partial charge in [0.15, 0.2) is 0 Å². The first kappa shape index (κ1) is 19.3. The monoisotopic (exact) mass is 372 g/mol. The molecule has 27 heavy (non-hydrogen) atoms. The van der Waals surface area contributed by atoms with Gasteiger partial charge in [0.1, 0.15) is 23.1 Å². The molecule has 1 aromatic carbocycles. The van der Waals surface area contributed by atoms with Crippen LogP contribution in [0.3, 0.4) is 0 Å². The summed E-state index contributed by atoms with van der Waals surface area (Å²) in [6.45, 7) is 7.09. The number of benzene rings is 1. The van der Waals surface area contributed by atoms with Crippen LogP contribution in [-0.2, 0) is 14.9 Å². The van der Waals surface area contributed by atoms with Crippen molar-refractivity contribution in [2.45, 2.75) is 39.0 Å². The number of ether oxygens (including phenoxy) is 2. The third kappa shape index (κ3) is 5.04. The highest BCUT2D eigenvalue weighted by Crippen LogP contribution is 2.30. The van der Waals surface area contributed by atoms with E-state index in [1.54, 1.807) is 30.5 Å². The highest BCUT2D eigenvalue weighted by atomic mass is 19.1. The molecule has 2 aromatic rings. The quantitative estimate of drug-likeness (QED) is 0.847. The van der Waals surface area contributed by atoms with Gasteiger partial charge in [0.25, 0.3) is 0 Å². The molecule has 6 heteroatoms. The molecular formula is C21H25FN2O3. The van der Waals surface area contributed by atoms with Gasteiger partial charge in [0.05, 0.1) is 0 Å². The molecule has 0 aliphatic carbocycles. The number of hydrogen-bond acceptors (Lipinski definition) is 4. The summed E-state index contributed by atoms with van der Waals surface area (Å²) in [5.41, 5.74) is 0.356. The molecule has 2 heterocycles. The van der Waals surface area contributed by atoms with E-state index in [1.165, 1.54) is 6.07 Å². The van der Waals surface area contributed by atoms with Crippen LogP contribution < -0.4 is 10.1 Å². The van der Waals surface area contributed by atoms with Crippen LogP contribution in [-0.4, -0.2) is 24.1 Å². The number of carbonyl (C=O) groups excluding carboxylic acids is 1. The second kappa shape index (κ2) is 8.05. The Morgan fingerprint density at radius 3 is 2.56 bits per heavy atom. The van der Waals surface area contributed by atoms with Crippen LogP contribution in [0, 0.1) is 11.7 Å². The molecule has 0 atom stereocenters. The van der Waals surface area contributed by atoms with E-state index < -0.39 is 0 Å². The number of halogens is 1. The van der Waals surface area contributed by atoms with Crippen LogP contribution in [0.25, 0.3) is 0 Å². The molecule has 144 valence electrons. The summed E-state index contributed by atoms with van der Waals surface area (Å²) >= 11 is 0. The molecule has 1 amide bonds. The Bertz CT molecular complexity index is 811. The van der Waals surface area contributed by atoms with E-state index in [9.17, 15) is 9.18 Å². The first-order valence-electron chi connectivity index (χ1n) is 9.15. The molecule has 1 N–H and O–H groups in total. The minimum atomic E-state index is -0.304. The predicted octanol–water partition coefficient (Wildman–Crippen LogP) is 4.68. The highest BCUT2D eigenvalue weighted by Gasteiger charge is 2.22. The molecule has 0 unspecified atom stereocenters. The number of hydrogen-bond donors (Lipinski definition) is 1. The zero-order valence-electron chi connectivity index (χ0n) is 15.9. The SMILES string of the molecule is CC(C)(C)c1ccc(Oc2ccnc(NC(=O)C3CCOCC3)c2)cc1F. The van der Waals surface area contributed by atoms with Crippen LogP contribution in [0.2, 0.25) is 0 Å². The molecule has 0 saturated carbocycles. The smallest absolute Gasteiger partial charge is 0.228 e. The molecule has 5 nitrogen and oxygen atoms in total. The van der Waals surface area contributed by atoms with Gasteiger partial charge >= 0.3 is 0 Å². The highest BCUT2D eigenvalue weighted by molar-refractivity contribution is 5.91. The molecule has 3 rings (SSSR count). The maximum Gasteiger partial charge on any atom is 0.228 e. The number of carbonyl (C=O) groups is 1. The van der Waals surface area contributed by atoms with E-state index in [2.05, 4.69) is 10.3 Å². The van der Waals surface area contributed by atoms with Crippen molar-refractivity contribution in [1.82, 2.24) is 4.98 Å². The van der Waals surface area contributed by atoms with Crippen molar-refractivity contribution in [2.75, 3.05) is 18.5 Å². The molecular weight excluding hydrogens is 347 g/mol. The lowest BCUT2D eigenvalue weighted by Crippen LogP contribution is -2.28. The van der Waals surface area contributed by atoms with Crippen molar-refractivity contribution in [1.29, 1.82) is 0 Å². The van der Waals surface area contributed by atoms with E-state index in [1.807, 2.05) is 20.8 Å². The lowest BCUT2D eigenvalue weighted by atomic mass is 9.87. The zero-order chi connectivity index (χ0) is 19.4. The Morgan fingerprint density at radius 2 is 1.89 bits per heavy atom. The first-order chi connectivity index (χ1) is 12.8. The second-order valence-electron chi connectivity index (χ2n) is 7.75. The normalized spacial score (nSPS) is 15.4. The molecule has 1 aromatic heterocycles. The van der Waals surface area contributed by atoms with E-state index in [0.717, 1.165) is 0 Å². The van der Waals surface area contributed by atoms with Gasteiger partial charge in [-0.25, -0.2) is 9.37 Å². The van der Waals surface area contributed by atoms with Crippen LogP contribution in [0.4, 0.5) is 10.2 Å². The predicted molar refractivity (Wildman–Crippen MR) is 102 cm³/mol. The van der Waals surface area contributed by atoms with Gasteiger partial charge in [0.2, 0.25) is 5.91 Å². The standard InChI is InChI=1S/C21H25FN2O3/c1-21(2,3)17-5-4-15(12-18(17)22)27-16-6-9-23-19(13-16)24-20(25)14-7-10-26-11-8-14/h4-6,9,12-14H,7-8,10-11H2,1-3H3,(H,23,24,25). The van der Waals surface area contributed by atoms with E-state index >= 15 is 0 Å². The van der Waals surface area contributed by atoms with Crippen molar-refractivity contribution < 1.29 is 18.7 Å². The molecule has 0 spiro atoms. The van der Waals surface area contributed by atoms with Crippen LogP contribution in [0.1, 0.15) is 39.2 Å². The maximum atomic E-state index is 14.3. The van der Waals surface area contributed by atoms with Gasteiger partial charge < -0.3 is 14.8 Å². The number of aromatic nitrogens is 1. The van der Waals surface area contributed by atoms with Gasteiger partial charge in [-0.1, -0.05) is 26.8 Å². The summed E-state index contributed by atoms with van der Waals surface area (Å²) in [7, 11) is 0. The summed E-state index contributed by atoms with van der Waals surface area (Å²) in [6, 6.07) is 8.15. The largest absolute Gasteiger partial charge is 0.457 e. The van der Waals surface area contributed by atoms with Crippen molar-refractivity contribution in [3.05, 3.63) is 47.9 Å². The Kier molecular flexibility index (Phi) is 5.75. The van der Waals surface area contributed by atoms with E-state index in [0.29, 0.717) is 48.9 Å². The third-order valence-corrected chi connectivity index (χ3v) is 4.56. The van der Waals surface area contributed by atoms with Crippen LogP contribution in [0.5, 0.6) is 11.5 Å². The minimum Gasteiger partial charge on any atom is -0.457 e. The number of nitrogens with zero attached hydrogens (tertiary/aromatic N) is 1. The lowest BCUT2D eigenvalue weighted by molar-refractivity contribution is -0.122. The fourth-order valence-electron chi connectivity index (χ4n) is 3.03. The van der Waals surface area contributed by atoms with Gasteiger partial charge in [0, 0.05) is 37.5 Å². The Balaban J connectivity index is 1.69. The zero-order valence-corrected chi connectivity index (χ0v) is 15.9. The Hall–Kier alpha value is -2.47. The number of nitrogens with one attached hydrogen (secondary N) is 1. The third-order valence-electron chi connectivity index (χ3n) is 4.56. The molecule has 0 radical (unpaired) electrons. The molecule has 1 fully saturated rings. The summed E-state index contributed by atoms with van der Waals surface area (Å²) in [5.74, 6) is 0.856. The van der Waals surface area contributed by atoms with Crippen LogP contribution in [0.15, 0.2) is 36.5 Å². The van der Waals surface area contributed by atoms with Crippen molar-refractivity contribution >= 4 is 11.7 Å². The van der Waals surface area contributed by atoms with Gasteiger partial charge in [-0.3, -0.25) is 4.79 Å². The fraction of sp³-hybridized carbons (Fsp3) is 0.429. The molecule has 1 aliphatic heterocycles. The second-order valence-corrected chi connectivity index (χ2v) is 7.75. The van der Waals surface area contributed by atoms with E-state index in [-0.39, 0.29) is 23.1 Å². The minimum absolute atomic E-state index is 0.0656. The topological polar surface area (TPSA) is 60.5 Å². The Labute approximate surface area is 158 Å². The summed E-state index contributed by atoms with van der Waals surface area (Å²) in [4.78, 5) is 16.5. The molecule has 1 saturated heterocycles. The number of rotatable bonds is 4. The molecule has 0 bridgehead atoms. The average Bonchev–Trinajstić information content (AvgIpc) is 2.62. The van der Waals surface area contributed by atoms with Gasteiger partial charge in [-0.2, -0.15) is 0 Å². The first-order valence-corrected chi connectivity index (χ1v) is 9.15. The van der Waals surface area contributed by atoms with Crippen molar-refractivity contribution in [2.24, 2.45) is 5.92 Å². The van der Waals surface area contributed by atoms with Crippen LogP contribution >= 0.6 is 0 Å². The number of amides is 1. The van der Waals surface area contributed by atoms with Crippen molar-refractivity contribution in [3.63, 3.8) is 0 Å². The summed E-state index contributed by atoms with van der Waals surface area (Å²) in [6.07, 6.45) is 2.97. The summed E-state index contributed by atoms with van der Waals surface area (Å²) in [5, 5.41) is 2.82. The van der Waals surface area contributed by atoms with Gasteiger partial charge in [-0.15, -0.1) is 0 Å².